The highest BCUT2D eigenvalue weighted by molar-refractivity contribution is 7.22. The third-order valence-corrected chi connectivity index (χ3v) is 8.29. The molecule has 1 fully saturated rings. The number of benzene rings is 2. The van der Waals surface area contributed by atoms with Gasteiger partial charge < -0.3 is 29.2 Å². The number of hydrogen-bond donors (Lipinski definition) is 0. The van der Waals surface area contributed by atoms with Crippen LogP contribution in [-0.4, -0.2) is 51.1 Å². The summed E-state index contributed by atoms with van der Waals surface area (Å²) < 4.78 is 55.6. The Bertz CT molecular complexity index is 1540. The fraction of sp³-hybridized carbons (Fsp3) is 0.407. The Hall–Kier alpha value is -4.07. The summed E-state index contributed by atoms with van der Waals surface area (Å²) in [6, 6.07) is 12.1. The summed E-state index contributed by atoms with van der Waals surface area (Å²) >= 11 is 1.60. The van der Waals surface area contributed by atoms with Gasteiger partial charge in [0.25, 0.3) is 0 Å². The average molecular weight is 590 g/mol. The Labute approximate surface area is 236 Å². The predicted octanol–water partition coefficient (Wildman–Crippen LogP) is 5.99. The van der Waals surface area contributed by atoms with E-state index in [2.05, 4.69) is 14.6 Å². The molecule has 0 unspecified atom stereocenters. The highest BCUT2D eigenvalue weighted by Gasteiger charge is 2.41. The highest BCUT2D eigenvalue weighted by Crippen LogP contribution is 2.36. The molecule has 10 nitrogen and oxygen atoms in total. The van der Waals surface area contributed by atoms with Crippen molar-refractivity contribution in [3.63, 3.8) is 0 Å². The van der Waals surface area contributed by atoms with Crippen molar-refractivity contribution >= 4 is 32.5 Å². The Balaban J connectivity index is 1.02. The van der Waals surface area contributed by atoms with Gasteiger partial charge in [-0.2, -0.15) is 0 Å². The number of alkyl halides is 3. The van der Waals surface area contributed by atoms with E-state index in [9.17, 15) is 23.3 Å². The maximum Gasteiger partial charge on any atom is 0.573 e. The third-order valence-electron chi connectivity index (χ3n) is 7.22. The molecule has 1 atom stereocenters. The van der Waals surface area contributed by atoms with Gasteiger partial charge in [-0.25, -0.2) is 4.98 Å². The molecule has 4 aromatic rings. The molecule has 0 N–H and O–H groups in total. The number of aromatic nitrogens is 3. The van der Waals surface area contributed by atoms with E-state index >= 15 is 0 Å². The molecule has 2 aromatic carbocycles. The lowest BCUT2D eigenvalue weighted by Crippen LogP contribution is -2.38. The molecule has 41 heavy (non-hydrogen) atoms. The summed E-state index contributed by atoms with van der Waals surface area (Å²) in [7, 11) is 0. The first kappa shape index (κ1) is 27.1. The van der Waals surface area contributed by atoms with E-state index in [0.717, 1.165) is 53.3 Å². The van der Waals surface area contributed by atoms with E-state index < -0.39 is 16.9 Å². The Morgan fingerprint density at radius 3 is 2.56 bits per heavy atom. The molecule has 0 amide bonds. The van der Waals surface area contributed by atoms with Gasteiger partial charge in [-0.05, 0) is 72.9 Å². The zero-order chi connectivity index (χ0) is 28.8. The second-order valence-electron chi connectivity index (χ2n) is 10.6. The third kappa shape index (κ3) is 6.16. The van der Waals surface area contributed by atoms with Crippen LogP contribution in [0.4, 0.5) is 24.1 Å². The monoisotopic (exact) mass is 589 g/mol. The quantitative estimate of drug-likeness (QED) is 0.182. The van der Waals surface area contributed by atoms with Crippen molar-refractivity contribution in [3.05, 3.63) is 64.3 Å². The normalized spacial score (nSPS) is 19.3. The molecule has 2 aliphatic rings. The number of ether oxygens (including phenoxy) is 3. The summed E-state index contributed by atoms with van der Waals surface area (Å²) in [5.74, 6) is 0.672. The predicted molar refractivity (Wildman–Crippen MR) is 145 cm³/mol. The van der Waals surface area contributed by atoms with Gasteiger partial charge in [-0.3, -0.25) is 4.57 Å². The van der Waals surface area contributed by atoms with Gasteiger partial charge in [0.15, 0.2) is 10.7 Å². The molecule has 1 saturated heterocycles. The first-order chi connectivity index (χ1) is 19.5. The highest BCUT2D eigenvalue weighted by atomic mass is 32.1. The average Bonchev–Trinajstić information content (AvgIpc) is 3.60. The van der Waals surface area contributed by atoms with E-state index in [4.69, 9.17) is 14.5 Å². The first-order valence-corrected chi connectivity index (χ1v) is 13.9. The number of nitrogens with zero attached hydrogens (tertiary/aromatic N) is 5. The summed E-state index contributed by atoms with van der Waals surface area (Å²) in [5.41, 5.74) is 1.18. The van der Waals surface area contributed by atoms with Crippen LogP contribution in [0.1, 0.15) is 25.3 Å². The van der Waals surface area contributed by atoms with Crippen molar-refractivity contribution in [2.45, 2.75) is 44.7 Å². The number of hydrogen-bond acceptors (Lipinski definition) is 9. The van der Waals surface area contributed by atoms with Gasteiger partial charge in [0, 0.05) is 18.1 Å². The van der Waals surface area contributed by atoms with E-state index in [-0.39, 0.29) is 24.2 Å². The van der Waals surface area contributed by atoms with Crippen molar-refractivity contribution < 1.29 is 32.3 Å². The lowest BCUT2D eigenvalue weighted by atomic mass is 9.90. The van der Waals surface area contributed by atoms with E-state index in [1.54, 1.807) is 28.0 Å². The number of thiazole rings is 1. The van der Waals surface area contributed by atoms with Crippen LogP contribution in [0.3, 0.4) is 0 Å². The molecule has 0 spiro atoms. The molecule has 0 radical (unpaired) electrons. The van der Waals surface area contributed by atoms with E-state index in [1.165, 1.54) is 18.3 Å². The van der Waals surface area contributed by atoms with Crippen LogP contribution in [-0.2, 0) is 13.0 Å². The SMILES string of the molecule is C[C@]1(COc2ccc3nc(N4CCC(Cc5ccc(OC(F)(F)F)cc5)CC4)sc3c2)Cn2cc([N+](=O)[O-])nc2O1. The van der Waals surface area contributed by atoms with Crippen LogP contribution in [0.15, 0.2) is 48.7 Å². The molecule has 0 saturated carbocycles. The number of imidazole rings is 1. The largest absolute Gasteiger partial charge is 0.573 e. The van der Waals surface area contributed by atoms with Gasteiger partial charge in [-0.15, -0.1) is 13.2 Å². The summed E-state index contributed by atoms with van der Waals surface area (Å²) in [4.78, 5) is 21.4. The van der Waals surface area contributed by atoms with Crippen LogP contribution in [0.2, 0.25) is 0 Å². The topological polar surface area (TPSA) is 105 Å². The lowest BCUT2D eigenvalue weighted by molar-refractivity contribution is -0.389. The van der Waals surface area contributed by atoms with Crippen LogP contribution in [0, 0.1) is 16.0 Å². The molecule has 6 rings (SSSR count). The van der Waals surface area contributed by atoms with Gasteiger partial charge in [0.05, 0.1) is 16.8 Å². The minimum absolute atomic E-state index is 0.206. The zero-order valence-electron chi connectivity index (χ0n) is 22.0. The van der Waals surface area contributed by atoms with Crippen LogP contribution < -0.4 is 19.1 Å². The smallest absolute Gasteiger partial charge is 0.489 e. The number of fused-ring (bicyclic) bond motifs is 2. The fourth-order valence-corrected chi connectivity index (χ4v) is 6.24. The maximum absolute atomic E-state index is 12.4. The molecule has 216 valence electrons. The Morgan fingerprint density at radius 2 is 1.88 bits per heavy atom. The second kappa shape index (κ2) is 10.4. The minimum atomic E-state index is -4.69. The van der Waals surface area contributed by atoms with Crippen molar-refractivity contribution in [2.75, 3.05) is 24.6 Å². The van der Waals surface area contributed by atoms with Crippen molar-refractivity contribution in [2.24, 2.45) is 5.92 Å². The number of halogens is 3. The molecule has 0 bridgehead atoms. The lowest BCUT2D eigenvalue weighted by Gasteiger charge is -2.31. The van der Waals surface area contributed by atoms with Gasteiger partial charge in [0.2, 0.25) is 0 Å². The number of piperidine rings is 1. The maximum atomic E-state index is 12.4. The molecule has 2 aromatic heterocycles. The van der Waals surface area contributed by atoms with Crippen LogP contribution in [0.25, 0.3) is 10.2 Å². The van der Waals surface area contributed by atoms with Gasteiger partial charge in [0.1, 0.15) is 24.3 Å². The van der Waals surface area contributed by atoms with E-state index in [1.807, 2.05) is 25.1 Å². The molecule has 0 aliphatic carbocycles. The van der Waals surface area contributed by atoms with E-state index in [0.29, 0.717) is 18.2 Å². The zero-order valence-corrected chi connectivity index (χ0v) is 22.8. The molecule has 4 heterocycles. The molecular formula is C27H26F3N5O5S. The molecule has 2 aliphatic heterocycles. The van der Waals surface area contributed by atoms with Crippen LogP contribution >= 0.6 is 11.3 Å². The number of rotatable bonds is 8. The summed E-state index contributed by atoms with van der Waals surface area (Å²) in [5, 5.41) is 11.9. The Morgan fingerprint density at radius 1 is 1.15 bits per heavy atom. The standard InChI is InChI=1S/C27H26F3N5O5S/c1-26(15-34-14-23(35(36)37)32-24(34)40-26)16-38-20-6-7-21-22(13-20)41-25(31-21)33-10-8-18(9-11-33)12-17-2-4-19(5-3-17)39-27(28,29)30/h2-7,13-14,18H,8-12,15-16H2,1H3/t26-/m1/s1. The number of anilines is 1. The van der Waals surface area contributed by atoms with Gasteiger partial charge in [-0.1, -0.05) is 23.5 Å². The Kier molecular flexibility index (Phi) is 6.88. The minimum Gasteiger partial charge on any atom is -0.489 e. The second-order valence-corrected chi connectivity index (χ2v) is 11.6. The van der Waals surface area contributed by atoms with Crippen LogP contribution in [0.5, 0.6) is 17.5 Å². The van der Waals surface area contributed by atoms with Crippen molar-refractivity contribution in [3.8, 4) is 17.5 Å². The summed E-state index contributed by atoms with van der Waals surface area (Å²) in [6.07, 6.45) is -0.591. The molecule has 14 heteroatoms. The van der Waals surface area contributed by atoms with Crippen molar-refractivity contribution in [1.29, 1.82) is 0 Å². The fourth-order valence-electron chi connectivity index (χ4n) is 5.20. The number of nitro groups is 1. The van der Waals surface area contributed by atoms with Gasteiger partial charge >= 0.3 is 18.2 Å². The summed E-state index contributed by atoms with van der Waals surface area (Å²) in [6.45, 7) is 4.21. The first-order valence-electron chi connectivity index (χ1n) is 13.1. The molecular weight excluding hydrogens is 563 g/mol. The van der Waals surface area contributed by atoms with Crippen molar-refractivity contribution in [1.82, 2.24) is 14.5 Å².